The summed E-state index contributed by atoms with van der Waals surface area (Å²) in [5.74, 6) is -0.580. The molecule has 0 radical (unpaired) electrons. The highest BCUT2D eigenvalue weighted by molar-refractivity contribution is 6.58. The zero-order chi connectivity index (χ0) is 20.8. The van der Waals surface area contributed by atoms with Crippen molar-refractivity contribution >= 4 is 24.2 Å². The maximum absolute atomic E-state index is 13.6. The lowest BCUT2D eigenvalue weighted by Gasteiger charge is -2.42. The first kappa shape index (κ1) is 19.9. The van der Waals surface area contributed by atoms with E-state index in [-0.39, 0.29) is 16.7 Å². The summed E-state index contributed by atoms with van der Waals surface area (Å²) in [6, 6.07) is 9.73. The van der Waals surface area contributed by atoms with Crippen LogP contribution in [0.2, 0.25) is 0 Å². The molecule has 29 heavy (non-hydrogen) atoms. The van der Waals surface area contributed by atoms with E-state index in [1.165, 1.54) is 24.3 Å². The van der Waals surface area contributed by atoms with Crippen molar-refractivity contribution in [2.45, 2.75) is 11.7 Å². The molecule has 2 heterocycles. The summed E-state index contributed by atoms with van der Waals surface area (Å²) in [7, 11) is -1.69. The molecule has 2 aliphatic rings. The Kier molecular flexibility index (Phi) is 4.90. The van der Waals surface area contributed by atoms with E-state index in [2.05, 4.69) is 5.32 Å². The Bertz CT molecular complexity index is 930. The van der Waals surface area contributed by atoms with Crippen molar-refractivity contribution in [3.05, 3.63) is 59.2 Å². The van der Waals surface area contributed by atoms with Crippen LogP contribution in [0.5, 0.6) is 0 Å². The van der Waals surface area contributed by atoms with E-state index >= 15 is 0 Å². The molecule has 1 fully saturated rings. The molecule has 4 rings (SSSR count). The number of alkyl halides is 3. The minimum atomic E-state index is -4.62. The Morgan fingerprint density at radius 2 is 1.72 bits per heavy atom. The predicted molar refractivity (Wildman–Crippen MR) is 99.5 cm³/mol. The van der Waals surface area contributed by atoms with Gasteiger partial charge in [-0.05, 0) is 17.1 Å². The molecule has 3 N–H and O–H groups in total. The molecule has 2 aliphatic heterocycles. The Balaban J connectivity index is 1.95. The van der Waals surface area contributed by atoms with Gasteiger partial charge in [-0.3, -0.25) is 9.69 Å². The lowest BCUT2D eigenvalue weighted by Crippen LogP contribution is -2.55. The van der Waals surface area contributed by atoms with Crippen LogP contribution in [0, 0.1) is 0 Å². The average Bonchev–Trinajstić information content (AvgIpc) is 3.00. The van der Waals surface area contributed by atoms with Crippen LogP contribution >= 0.6 is 0 Å². The van der Waals surface area contributed by atoms with E-state index in [0.717, 1.165) is 6.07 Å². The molecule has 0 unspecified atom stereocenters. The third-order valence-corrected chi connectivity index (χ3v) is 5.44. The van der Waals surface area contributed by atoms with Gasteiger partial charge >= 0.3 is 13.3 Å². The zero-order valence-electron chi connectivity index (χ0n) is 15.2. The number of carbonyl (C=O) groups is 1. The van der Waals surface area contributed by atoms with Crippen molar-refractivity contribution in [3.8, 4) is 0 Å². The van der Waals surface area contributed by atoms with Gasteiger partial charge in [-0.25, -0.2) is 0 Å². The van der Waals surface area contributed by atoms with E-state index in [1.54, 1.807) is 12.1 Å². The second kappa shape index (κ2) is 7.14. The van der Waals surface area contributed by atoms with Gasteiger partial charge < -0.3 is 20.1 Å². The summed E-state index contributed by atoms with van der Waals surface area (Å²) in [5, 5.41) is 21.2. The van der Waals surface area contributed by atoms with Gasteiger partial charge in [-0.15, -0.1) is 0 Å². The maximum Gasteiger partial charge on any atom is 0.488 e. The number of ether oxygens (including phenoxy) is 1. The SMILES string of the molecule is O=C1Nc2c(C(F)(F)F)cccc2[C@@]1(c1ccc(B(O)O)cc1)N1CCOCC1. The van der Waals surface area contributed by atoms with Gasteiger partial charge in [-0.1, -0.05) is 36.4 Å². The number of benzene rings is 2. The lowest BCUT2D eigenvalue weighted by atomic mass is 9.76. The van der Waals surface area contributed by atoms with Gasteiger partial charge in [0.1, 0.15) is 0 Å². The molecule has 2 aromatic carbocycles. The molecule has 0 aliphatic carbocycles. The molecule has 1 atom stereocenters. The number of rotatable bonds is 3. The average molecular weight is 406 g/mol. The first-order valence-electron chi connectivity index (χ1n) is 9.07. The highest BCUT2D eigenvalue weighted by atomic mass is 19.4. The van der Waals surface area contributed by atoms with Crippen LogP contribution in [0.4, 0.5) is 18.9 Å². The number of fused-ring (bicyclic) bond motifs is 1. The first-order chi connectivity index (χ1) is 13.8. The normalized spacial score (nSPS) is 22.3. The summed E-state index contributed by atoms with van der Waals surface area (Å²) in [5.41, 5.74) is -1.74. The van der Waals surface area contributed by atoms with Crippen molar-refractivity contribution in [3.63, 3.8) is 0 Å². The van der Waals surface area contributed by atoms with Gasteiger partial charge in [0.25, 0.3) is 5.91 Å². The van der Waals surface area contributed by atoms with Crippen LogP contribution < -0.4 is 10.8 Å². The molecule has 0 aromatic heterocycles. The van der Waals surface area contributed by atoms with Crippen LogP contribution in [-0.2, 0) is 21.2 Å². The molecule has 0 saturated carbocycles. The number of nitrogens with zero attached hydrogens (tertiary/aromatic N) is 1. The van der Waals surface area contributed by atoms with Crippen molar-refractivity contribution in [1.82, 2.24) is 4.90 Å². The molecule has 10 heteroatoms. The molecule has 152 valence electrons. The standard InChI is InChI=1S/C19H18BF3N2O4/c21-19(22,23)15-3-1-2-14-16(15)24-17(26)18(14,25-8-10-29-11-9-25)12-4-6-13(7-5-12)20(27)28/h1-7,27-28H,8-11H2,(H,24,26)/t18-/m1/s1. The summed E-state index contributed by atoms with van der Waals surface area (Å²) in [6.07, 6.45) is -4.62. The second-order valence-electron chi connectivity index (χ2n) is 6.99. The Hall–Kier alpha value is -2.40. The number of carbonyl (C=O) groups excluding carboxylic acids is 1. The van der Waals surface area contributed by atoms with E-state index in [9.17, 15) is 28.0 Å². The Morgan fingerprint density at radius 3 is 2.31 bits per heavy atom. The first-order valence-corrected chi connectivity index (χ1v) is 9.07. The third-order valence-electron chi connectivity index (χ3n) is 5.44. The Morgan fingerprint density at radius 1 is 1.07 bits per heavy atom. The summed E-state index contributed by atoms with van der Waals surface area (Å²) in [4.78, 5) is 15.1. The number of anilines is 1. The molecular weight excluding hydrogens is 388 g/mol. The molecule has 0 spiro atoms. The lowest BCUT2D eigenvalue weighted by molar-refractivity contribution is -0.137. The van der Waals surface area contributed by atoms with E-state index in [4.69, 9.17) is 4.74 Å². The minimum absolute atomic E-state index is 0.216. The number of hydrogen-bond acceptors (Lipinski definition) is 5. The molecule has 1 saturated heterocycles. The molecule has 6 nitrogen and oxygen atoms in total. The van der Waals surface area contributed by atoms with Gasteiger partial charge in [0.15, 0.2) is 5.54 Å². The number of nitrogens with one attached hydrogen (secondary N) is 1. The van der Waals surface area contributed by atoms with Crippen molar-refractivity contribution in [2.75, 3.05) is 31.6 Å². The molecule has 2 aromatic rings. The third kappa shape index (κ3) is 3.12. The summed E-state index contributed by atoms with van der Waals surface area (Å²) >= 11 is 0. The predicted octanol–water partition coefficient (Wildman–Crippen LogP) is 0.913. The minimum Gasteiger partial charge on any atom is -0.423 e. The highest BCUT2D eigenvalue weighted by Gasteiger charge is 2.55. The van der Waals surface area contributed by atoms with Crippen LogP contribution in [-0.4, -0.2) is 54.3 Å². The monoisotopic (exact) mass is 406 g/mol. The van der Waals surface area contributed by atoms with Crippen LogP contribution in [0.25, 0.3) is 0 Å². The number of hydrogen-bond donors (Lipinski definition) is 3. The molecule has 1 amide bonds. The van der Waals surface area contributed by atoms with E-state index in [1.807, 2.05) is 4.90 Å². The van der Waals surface area contributed by atoms with E-state index < -0.39 is 30.3 Å². The smallest absolute Gasteiger partial charge is 0.423 e. The topological polar surface area (TPSA) is 82.0 Å². The summed E-state index contributed by atoms with van der Waals surface area (Å²) < 4.78 is 46.1. The van der Waals surface area contributed by atoms with Crippen LogP contribution in [0.15, 0.2) is 42.5 Å². The number of para-hydroxylation sites is 1. The molecule has 0 bridgehead atoms. The highest BCUT2D eigenvalue weighted by Crippen LogP contribution is 2.49. The maximum atomic E-state index is 13.6. The van der Waals surface area contributed by atoms with Gasteiger partial charge in [0.05, 0.1) is 24.5 Å². The quantitative estimate of drug-likeness (QED) is 0.661. The second-order valence-corrected chi connectivity index (χ2v) is 6.99. The van der Waals surface area contributed by atoms with Gasteiger partial charge in [0, 0.05) is 18.7 Å². The largest absolute Gasteiger partial charge is 0.488 e. The van der Waals surface area contributed by atoms with Crippen molar-refractivity contribution in [1.29, 1.82) is 0 Å². The summed E-state index contributed by atoms with van der Waals surface area (Å²) in [6.45, 7) is 1.40. The van der Waals surface area contributed by atoms with Gasteiger partial charge in [-0.2, -0.15) is 13.2 Å². The Labute approximate surface area is 165 Å². The molecular formula is C19H18BF3N2O4. The zero-order valence-corrected chi connectivity index (χ0v) is 15.2. The van der Waals surface area contributed by atoms with Crippen LogP contribution in [0.3, 0.4) is 0 Å². The number of halogens is 3. The van der Waals surface area contributed by atoms with Crippen LogP contribution in [0.1, 0.15) is 16.7 Å². The van der Waals surface area contributed by atoms with E-state index in [0.29, 0.717) is 31.9 Å². The number of morpholine rings is 1. The fourth-order valence-electron chi connectivity index (χ4n) is 4.13. The van der Waals surface area contributed by atoms with Crippen molar-refractivity contribution in [2.24, 2.45) is 0 Å². The number of amides is 1. The fraction of sp³-hybridized carbons (Fsp3) is 0.316. The van der Waals surface area contributed by atoms with Gasteiger partial charge in [0.2, 0.25) is 0 Å². The van der Waals surface area contributed by atoms with Crippen molar-refractivity contribution < 1.29 is 32.8 Å². The fourth-order valence-corrected chi connectivity index (χ4v) is 4.13.